The summed E-state index contributed by atoms with van der Waals surface area (Å²) in [7, 11) is -2.13. The molecule has 0 bridgehead atoms. The summed E-state index contributed by atoms with van der Waals surface area (Å²) in [6, 6.07) is 9.64. The van der Waals surface area contributed by atoms with Gasteiger partial charge in [-0.05, 0) is 64.9 Å². The molecule has 2 unspecified atom stereocenters. The molecule has 138 valence electrons. The molecule has 6 heteroatoms. The molecule has 0 radical (unpaired) electrons. The van der Waals surface area contributed by atoms with Crippen molar-refractivity contribution in [2.75, 3.05) is 0 Å². The lowest BCUT2D eigenvalue weighted by Gasteiger charge is -2.41. The highest BCUT2D eigenvalue weighted by atomic mass is 35.7. The number of rotatable bonds is 2. The third-order valence-electron chi connectivity index (χ3n) is 4.28. The van der Waals surface area contributed by atoms with E-state index >= 15 is 0 Å². The van der Waals surface area contributed by atoms with Crippen LogP contribution >= 0.6 is 31.1 Å². The summed E-state index contributed by atoms with van der Waals surface area (Å²) in [5.74, 6) is -2.69. The van der Waals surface area contributed by atoms with Crippen molar-refractivity contribution < 1.29 is 9.46 Å². The van der Waals surface area contributed by atoms with Gasteiger partial charge < -0.3 is 4.89 Å². The topological polar surface area (TPSA) is 40.1 Å². The van der Waals surface area contributed by atoms with Crippen LogP contribution in [-0.4, -0.2) is 15.5 Å². The number of halogens is 1. The lowest BCUT2D eigenvalue weighted by molar-refractivity contribution is -0.147. The van der Waals surface area contributed by atoms with E-state index in [2.05, 4.69) is 0 Å². The second-order valence-corrected chi connectivity index (χ2v) is 25.4. The molecule has 0 aromatic heterocycles. The first-order chi connectivity index (χ1) is 10.5. The van der Waals surface area contributed by atoms with Crippen LogP contribution in [0.25, 0.3) is 0 Å². The van der Waals surface area contributed by atoms with E-state index in [9.17, 15) is 9.46 Å². The van der Waals surface area contributed by atoms with E-state index < -0.39 is 35.3 Å². The van der Waals surface area contributed by atoms with Gasteiger partial charge in [0.2, 0.25) is 0 Å². The molecule has 0 aliphatic carbocycles. The summed E-state index contributed by atoms with van der Waals surface area (Å²) in [6.45, 7) is 14.5. The minimum Gasteiger partial charge on any atom is -0.628 e. The van der Waals surface area contributed by atoms with E-state index in [1.165, 1.54) is 0 Å². The van der Waals surface area contributed by atoms with Gasteiger partial charge in [-0.3, -0.25) is 4.57 Å². The molecule has 2 atom stereocenters. The molecule has 0 amide bonds. The van der Waals surface area contributed by atoms with Gasteiger partial charge in [-0.1, -0.05) is 39.0 Å². The number of benzene rings is 1. The normalized spacial score (nSPS) is 17.4. The predicted molar refractivity (Wildman–Crippen MR) is 113 cm³/mol. The monoisotopic (exact) mass is 408 g/mol. The van der Waals surface area contributed by atoms with Gasteiger partial charge in [0.15, 0.2) is 5.90 Å². The maximum Gasteiger partial charge on any atom is 0.266 e. The molecule has 0 aliphatic heterocycles. The molecule has 1 aromatic carbocycles. The molecule has 2 nitrogen and oxygen atoms in total. The first-order valence-electron chi connectivity index (χ1n) is 8.24. The fourth-order valence-electron chi connectivity index (χ4n) is 3.06. The predicted octanol–water partition coefficient (Wildman–Crippen LogP) is 6.83. The smallest absolute Gasteiger partial charge is 0.266 e. The molecule has 0 aliphatic rings. The zero-order valence-corrected chi connectivity index (χ0v) is 19.9. The Hall–Kier alpha value is 0.430. The molecular formula is C18H32ClO2P3. The van der Waals surface area contributed by atoms with Gasteiger partial charge in [0, 0.05) is 10.5 Å². The van der Waals surface area contributed by atoms with E-state index in [0.29, 0.717) is 0 Å². The van der Waals surface area contributed by atoms with Gasteiger partial charge >= 0.3 is 0 Å². The Kier molecular flexibility index (Phi) is 6.43. The van der Waals surface area contributed by atoms with Crippen molar-refractivity contribution in [3.63, 3.8) is 0 Å². The first kappa shape index (κ1) is 22.5. The fourth-order valence-corrected chi connectivity index (χ4v) is 29.4. The molecule has 0 N–H and O–H groups in total. The minimum absolute atomic E-state index is 0.407. The zero-order chi connectivity index (χ0) is 19.2. The quantitative estimate of drug-likeness (QED) is 0.503. The zero-order valence-electron chi connectivity index (χ0n) is 16.4. The van der Waals surface area contributed by atoms with Gasteiger partial charge in [0.25, 0.3) is 6.83 Å². The molecule has 1 aromatic rings. The van der Waals surface area contributed by atoms with Crippen LogP contribution in [0.15, 0.2) is 30.3 Å². The average Bonchev–Trinajstić information content (AvgIpc) is 2.42. The highest BCUT2D eigenvalue weighted by molar-refractivity contribution is 8.53. The van der Waals surface area contributed by atoms with Crippen LogP contribution in [0.5, 0.6) is 0 Å². The van der Waals surface area contributed by atoms with E-state index in [1.54, 1.807) is 0 Å². The van der Waals surface area contributed by atoms with Crippen LogP contribution in [0.4, 0.5) is 0 Å². The van der Waals surface area contributed by atoms with E-state index in [1.807, 2.05) is 92.6 Å². The van der Waals surface area contributed by atoms with Crippen molar-refractivity contribution in [3.05, 3.63) is 30.3 Å². The van der Waals surface area contributed by atoms with E-state index in [-0.39, 0.29) is 0 Å². The van der Waals surface area contributed by atoms with Crippen LogP contribution in [0.1, 0.15) is 62.3 Å². The van der Waals surface area contributed by atoms with Crippen LogP contribution in [0, 0.1) is 0 Å². The molecule has 0 saturated carbocycles. The van der Waals surface area contributed by atoms with Crippen molar-refractivity contribution in [3.8, 4) is 0 Å². The summed E-state index contributed by atoms with van der Waals surface area (Å²) in [6.07, 6.45) is 0. The van der Waals surface area contributed by atoms with Crippen molar-refractivity contribution in [2.24, 2.45) is 0 Å². The highest BCUT2D eigenvalue weighted by Crippen LogP contribution is 2.91. The molecule has 1 rings (SSSR count). The van der Waals surface area contributed by atoms with Gasteiger partial charge in [-0.15, -0.1) is 0 Å². The minimum atomic E-state index is -3.13. The van der Waals surface area contributed by atoms with Crippen LogP contribution in [0.2, 0.25) is 0 Å². The second kappa shape index (κ2) is 6.87. The average molecular weight is 409 g/mol. The summed E-state index contributed by atoms with van der Waals surface area (Å²) >= 11 is 7.24. The van der Waals surface area contributed by atoms with Crippen molar-refractivity contribution in [2.45, 2.75) is 77.8 Å². The van der Waals surface area contributed by atoms with Crippen molar-refractivity contribution in [1.82, 2.24) is 0 Å². The molecular weight excluding hydrogens is 377 g/mol. The van der Waals surface area contributed by atoms with Gasteiger partial charge in [-0.25, -0.2) is 0 Å². The van der Waals surface area contributed by atoms with Gasteiger partial charge in [-0.2, -0.15) is 0 Å². The largest absolute Gasteiger partial charge is 0.628 e. The Labute approximate surface area is 154 Å². The number of hydrogen-bond donors (Lipinski definition) is 0. The second-order valence-electron chi connectivity index (χ2n) is 9.23. The highest BCUT2D eigenvalue weighted by Gasteiger charge is 2.58. The summed E-state index contributed by atoms with van der Waals surface area (Å²) in [4.78, 5) is 14.0. The van der Waals surface area contributed by atoms with Gasteiger partial charge in [0.1, 0.15) is 7.12 Å². The van der Waals surface area contributed by atoms with Crippen LogP contribution < -0.4 is 10.2 Å². The Bertz CT molecular complexity index is 672. The van der Waals surface area contributed by atoms with Crippen molar-refractivity contribution >= 4 is 36.4 Å². The third kappa shape index (κ3) is 3.61. The summed E-state index contributed by atoms with van der Waals surface area (Å²) in [5.41, 5.74) is 0. The van der Waals surface area contributed by atoms with Gasteiger partial charge in [0.05, 0.1) is 10.3 Å². The molecule has 0 spiro atoms. The van der Waals surface area contributed by atoms with Crippen molar-refractivity contribution in [1.29, 1.82) is 0 Å². The third-order valence-corrected chi connectivity index (χ3v) is 29.6. The Balaban J connectivity index is 4.08. The SMILES string of the molecule is CC(C)(C)P(=O)([P+]([O-])=P(Cl)(c1ccccc1)C(C)(C)C)C(C)(C)C. The molecule has 0 heterocycles. The lowest BCUT2D eigenvalue weighted by atomic mass is 10.2. The first-order valence-corrected chi connectivity index (χ1v) is 15.3. The Morgan fingerprint density at radius 1 is 0.833 bits per heavy atom. The maximum atomic E-state index is 14.3. The number of hydrogen-bond acceptors (Lipinski definition) is 2. The molecule has 0 saturated heterocycles. The Morgan fingerprint density at radius 3 is 1.50 bits per heavy atom. The summed E-state index contributed by atoms with van der Waals surface area (Å²) in [5, 5.41) is -0.665. The summed E-state index contributed by atoms with van der Waals surface area (Å²) < 4.78 is 14.3. The van der Waals surface area contributed by atoms with E-state index in [4.69, 9.17) is 11.2 Å². The lowest BCUT2D eigenvalue weighted by Crippen LogP contribution is -2.30. The standard InChI is InChI=1S/C18H32ClO2P3/c1-16(2,3)23(19,15-13-11-10-12-14-15)22(20)24(21,17(4,5)6)18(7,8)9/h10-14H,1-9H3. The van der Waals surface area contributed by atoms with E-state index in [0.717, 1.165) is 5.30 Å². The van der Waals surface area contributed by atoms with Crippen LogP contribution in [-0.2, 0) is 4.57 Å². The maximum absolute atomic E-state index is 14.3. The fraction of sp³-hybridized carbons (Fsp3) is 0.667. The molecule has 24 heavy (non-hydrogen) atoms. The molecule has 0 fully saturated rings. The Morgan fingerprint density at radius 2 is 1.21 bits per heavy atom. The van der Waals surface area contributed by atoms with Crippen LogP contribution in [0.3, 0.4) is 0 Å².